The van der Waals surface area contributed by atoms with Crippen molar-refractivity contribution in [1.29, 1.82) is 0 Å². The lowest BCUT2D eigenvalue weighted by molar-refractivity contribution is 0.0662. The molecule has 1 N–H and O–H groups in total. The predicted octanol–water partition coefficient (Wildman–Crippen LogP) is 3.33. The van der Waals surface area contributed by atoms with Gasteiger partial charge in [-0.25, -0.2) is 4.98 Å². The first-order valence-corrected chi connectivity index (χ1v) is 8.08. The summed E-state index contributed by atoms with van der Waals surface area (Å²) in [7, 11) is 0. The van der Waals surface area contributed by atoms with Crippen molar-refractivity contribution in [3.05, 3.63) is 40.7 Å². The maximum atomic E-state index is 5.38. The minimum Gasteiger partial charge on any atom is -0.381 e. The van der Waals surface area contributed by atoms with Crippen LogP contribution >= 0.6 is 11.3 Å². The average Bonchev–Trinajstić information content (AvgIpc) is 2.98. The van der Waals surface area contributed by atoms with E-state index in [4.69, 9.17) is 9.72 Å². The molecule has 0 aliphatic carbocycles. The Kier molecular flexibility index (Phi) is 4.79. The van der Waals surface area contributed by atoms with Gasteiger partial charge in [0.15, 0.2) is 0 Å². The van der Waals surface area contributed by atoms with Gasteiger partial charge in [-0.05, 0) is 25.3 Å². The second-order valence-electron chi connectivity index (χ2n) is 5.18. The Balaban J connectivity index is 1.50. The third-order valence-electron chi connectivity index (χ3n) is 3.67. The summed E-state index contributed by atoms with van der Waals surface area (Å²) >= 11 is 1.73. The molecule has 106 valence electrons. The summed E-state index contributed by atoms with van der Waals surface area (Å²) in [6.07, 6.45) is 2.36. The lowest BCUT2D eigenvalue weighted by Gasteiger charge is -2.21. The number of rotatable bonds is 5. The molecular formula is C16H20N2OS. The predicted molar refractivity (Wildman–Crippen MR) is 82.8 cm³/mol. The summed E-state index contributed by atoms with van der Waals surface area (Å²) in [5.41, 5.74) is 2.28. The van der Waals surface area contributed by atoms with Crippen molar-refractivity contribution in [3.8, 4) is 11.3 Å². The molecular weight excluding hydrogens is 268 g/mol. The lowest BCUT2D eigenvalue weighted by Crippen LogP contribution is -2.27. The Morgan fingerprint density at radius 2 is 2.00 bits per heavy atom. The van der Waals surface area contributed by atoms with Crippen molar-refractivity contribution in [3.63, 3.8) is 0 Å². The lowest BCUT2D eigenvalue weighted by atomic mass is 10.0. The molecule has 0 atom stereocenters. The third-order valence-corrected chi connectivity index (χ3v) is 4.52. The first-order valence-electron chi connectivity index (χ1n) is 7.20. The molecule has 0 saturated carbocycles. The number of nitrogens with one attached hydrogen (secondary N) is 1. The smallest absolute Gasteiger partial charge is 0.107 e. The number of benzene rings is 1. The molecule has 0 radical (unpaired) electrons. The van der Waals surface area contributed by atoms with Crippen molar-refractivity contribution >= 4 is 11.3 Å². The summed E-state index contributed by atoms with van der Waals surface area (Å²) in [4.78, 5) is 4.69. The fourth-order valence-corrected chi connectivity index (χ4v) is 3.24. The summed E-state index contributed by atoms with van der Waals surface area (Å²) in [6.45, 7) is 3.78. The zero-order valence-corrected chi connectivity index (χ0v) is 12.4. The standard InChI is InChI=1S/C16H20N2OS/c1-2-4-14(5-3-1)15-12-20-16(18-15)11-17-10-13-6-8-19-9-7-13/h1-5,12-13,17H,6-11H2. The van der Waals surface area contributed by atoms with Gasteiger partial charge in [-0.3, -0.25) is 0 Å². The highest BCUT2D eigenvalue weighted by Gasteiger charge is 2.13. The van der Waals surface area contributed by atoms with Crippen LogP contribution in [0.25, 0.3) is 11.3 Å². The van der Waals surface area contributed by atoms with Crippen LogP contribution in [-0.2, 0) is 11.3 Å². The molecule has 1 saturated heterocycles. The number of thiazole rings is 1. The van der Waals surface area contributed by atoms with E-state index in [0.717, 1.165) is 42.9 Å². The van der Waals surface area contributed by atoms with Gasteiger partial charge in [-0.15, -0.1) is 11.3 Å². The first-order chi connectivity index (χ1) is 9.92. The maximum Gasteiger partial charge on any atom is 0.107 e. The Hall–Kier alpha value is -1.23. The van der Waals surface area contributed by atoms with E-state index < -0.39 is 0 Å². The van der Waals surface area contributed by atoms with Crippen LogP contribution in [0.2, 0.25) is 0 Å². The quantitative estimate of drug-likeness (QED) is 0.916. The second kappa shape index (κ2) is 6.97. The Labute approximate surface area is 124 Å². The van der Waals surface area contributed by atoms with E-state index in [0.29, 0.717) is 0 Å². The maximum absolute atomic E-state index is 5.38. The molecule has 2 heterocycles. The zero-order chi connectivity index (χ0) is 13.6. The fraction of sp³-hybridized carbons (Fsp3) is 0.438. The van der Waals surface area contributed by atoms with Crippen LogP contribution in [0.5, 0.6) is 0 Å². The van der Waals surface area contributed by atoms with Crippen LogP contribution in [0, 0.1) is 5.92 Å². The van der Waals surface area contributed by atoms with Gasteiger partial charge >= 0.3 is 0 Å². The van der Waals surface area contributed by atoms with Gasteiger partial charge < -0.3 is 10.1 Å². The summed E-state index contributed by atoms with van der Waals surface area (Å²) in [6, 6.07) is 10.4. The molecule has 0 spiro atoms. The molecule has 1 aromatic carbocycles. The van der Waals surface area contributed by atoms with Gasteiger partial charge in [0, 0.05) is 30.7 Å². The van der Waals surface area contributed by atoms with Gasteiger partial charge in [0.05, 0.1) is 5.69 Å². The molecule has 4 heteroatoms. The SMILES string of the molecule is c1ccc(-c2csc(CNCC3CCOCC3)n2)cc1. The van der Waals surface area contributed by atoms with Gasteiger partial charge in [-0.2, -0.15) is 0 Å². The van der Waals surface area contributed by atoms with Crippen LogP contribution < -0.4 is 5.32 Å². The monoisotopic (exact) mass is 288 g/mol. The Bertz CT molecular complexity index is 520. The van der Waals surface area contributed by atoms with Crippen LogP contribution in [0.15, 0.2) is 35.7 Å². The van der Waals surface area contributed by atoms with Crippen LogP contribution in [0.4, 0.5) is 0 Å². The van der Waals surface area contributed by atoms with Crippen molar-refractivity contribution in [1.82, 2.24) is 10.3 Å². The zero-order valence-electron chi connectivity index (χ0n) is 11.5. The molecule has 20 heavy (non-hydrogen) atoms. The van der Waals surface area contributed by atoms with Gasteiger partial charge in [0.1, 0.15) is 5.01 Å². The normalized spacial score (nSPS) is 16.4. The topological polar surface area (TPSA) is 34.1 Å². The molecule has 1 aliphatic heterocycles. The largest absolute Gasteiger partial charge is 0.381 e. The van der Waals surface area contributed by atoms with E-state index in [-0.39, 0.29) is 0 Å². The van der Waals surface area contributed by atoms with E-state index in [1.54, 1.807) is 11.3 Å². The van der Waals surface area contributed by atoms with Crippen LogP contribution in [0.1, 0.15) is 17.8 Å². The average molecular weight is 288 g/mol. The highest BCUT2D eigenvalue weighted by atomic mass is 32.1. The molecule has 1 aromatic heterocycles. The van der Waals surface area contributed by atoms with Gasteiger partial charge in [0.25, 0.3) is 0 Å². The molecule has 2 aromatic rings. The van der Waals surface area contributed by atoms with E-state index in [1.807, 2.05) is 6.07 Å². The molecule has 0 amide bonds. The summed E-state index contributed by atoms with van der Waals surface area (Å²) in [5.74, 6) is 0.761. The molecule has 0 bridgehead atoms. The Morgan fingerprint density at radius 3 is 2.80 bits per heavy atom. The molecule has 1 aliphatic rings. The summed E-state index contributed by atoms with van der Waals surface area (Å²) < 4.78 is 5.38. The summed E-state index contributed by atoms with van der Waals surface area (Å²) in [5, 5.41) is 6.83. The minimum absolute atomic E-state index is 0.761. The highest BCUT2D eigenvalue weighted by molar-refractivity contribution is 7.09. The Morgan fingerprint density at radius 1 is 1.20 bits per heavy atom. The number of aromatic nitrogens is 1. The third kappa shape index (κ3) is 3.66. The van der Waals surface area contributed by atoms with Crippen molar-refractivity contribution in [2.75, 3.05) is 19.8 Å². The minimum atomic E-state index is 0.761. The van der Waals surface area contributed by atoms with Crippen LogP contribution in [0.3, 0.4) is 0 Å². The number of ether oxygens (including phenoxy) is 1. The van der Waals surface area contributed by atoms with Crippen LogP contribution in [-0.4, -0.2) is 24.7 Å². The van der Waals surface area contributed by atoms with Crippen molar-refractivity contribution in [2.45, 2.75) is 19.4 Å². The van der Waals surface area contributed by atoms with Crippen molar-refractivity contribution in [2.24, 2.45) is 5.92 Å². The van der Waals surface area contributed by atoms with Gasteiger partial charge in [0.2, 0.25) is 0 Å². The first kappa shape index (κ1) is 13.7. The van der Waals surface area contributed by atoms with Gasteiger partial charge in [-0.1, -0.05) is 30.3 Å². The number of hydrogen-bond donors (Lipinski definition) is 1. The van der Waals surface area contributed by atoms with E-state index in [9.17, 15) is 0 Å². The fourth-order valence-electron chi connectivity index (χ4n) is 2.47. The van der Waals surface area contributed by atoms with E-state index in [2.05, 4.69) is 35.0 Å². The molecule has 3 nitrogen and oxygen atoms in total. The molecule has 1 fully saturated rings. The second-order valence-corrected chi connectivity index (χ2v) is 6.12. The molecule has 3 rings (SSSR count). The van der Waals surface area contributed by atoms with E-state index in [1.165, 1.54) is 18.4 Å². The number of nitrogens with zero attached hydrogens (tertiary/aromatic N) is 1. The molecule has 0 unspecified atom stereocenters. The van der Waals surface area contributed by atoms with E-state index >= 15 is 0 Å². The highest BCUT2D eigenvalue weighted by Crippen LogP contribution is 2.21. The number of hydrogen-bond acceptors (Lipinski definition) is 4. The van der Waals surface area contributed by atoms with Crippen molar-refractivity contribution < 1.29 is 4.74 Å².